The molecular formula is C21H20O5. The minimum absolute atomic E-state index is 0.0741. The van der Waals surface area contributed by atoms with Crippen molar-refractivity contribution in [1.82, 2.24) is 0 Å². The Hall–Kier alpha value is -2.79. The monoisotopic (exact) mass is 352 g/mol. The Morgan fingerprint density at radius 1 is 1.00 bits per heavy atom. The fourth-order valence-corrected chi connectivity index (χ4v) is 3.09. The van der Waals surface area contributed by atoms with E-state index in [0.717, 1.165) is 12.8 Å². The Bertz CT molecular complexity index is 868. The average molecular weight is 352 g/mol. The Kier molecular flexibility index (Phi) is 5.28. The van der Waals surface area contributed by atoms with Gasteiger partial charge in [0.2, 0.25) is 0 Å². The lowest BCUT2D eigenvalue weighted by molar-refractivity contribution is -0.153. The van der Waals surface area contributed by atoms with Gasteiger partial charge in [0, 0.05) is 28.7 Å². The van der Waals surface area contributed by atoms with E-state index < -0.39 is 12.1 Å². The van der Waals surface area contributed by atoms with Crippen LogP contribution in [0.4, 0.5) is 0 Å². The summed E-state index contributed by atoms with van der Waals surface area (Å²) in [7, 11) is 0. The number of benzene rings is 2. The summed E-state index contributed by atoms with van der Waals surface area (Å²) in [6, 6.07) is 11.6. The molecule has 1 aliphatic carbocycles. The van der Waals surface area contributed by atoms with Crippen LogP contribution in [-0.4, -0.2) is 35.4 Å². The molecule has 1 atom stereocenters. The second kappa shape index (κ2) is 7.62. The second-order valence-electron chi connectivity index (χ2n) is 6.28. The van der Waals surface area contributed by atoms with Gasteiger partial charge in [-0.15, -0.1) is 0 Å². The highest BCUT2D eigenvalue weighted by atomic mass is 16.5. The van der Waals surface area contributed by atoms with E-state index in [1.165, 1.54) is 0 Å². The summed E-state index contributed by atoms with van der Waals surface area (Å²) in [5, 5.41) is 10.1. The molecule has 2 aromatic carbocycles. The van der Waals surface area contributed by atoms with Crippen LogP contribution in [0.1, 0.15) is 57.2 Å². The van der Waals surface area contributed by atoms with Crippen LogP contribution >= 0.6 is 0 Å². The maximum Gasteiger partial charge on any atom is 0.335 e. The molecule has 5 nitrogen and oxygen atoms in total. The van der Waals surface area contributed by atoms with Crippen LogP contribution in [-0.2, 0) is 16.0 Å². The molecule has 3 rings (SSSR count). The number of ketones is 2. The van der Waals surface area contributed by atoms with Crippen LogP contribution < -0.4 is 0 Å². The smallest absolute Gasteiger partial charge is 0.335 e. The molecule has 1 unspecified atom stereocenters. The van der Waals surface area contributed by atoms with Crippen molar-refractivity contribution in [1.29, 1.82) is 0 Å². The van der Waals surface area contributed by atoms with E-state index in [1.54, 1.807) is 42.5 Å². The Balaban J connectivity index is 1.89. The number of hydrogen-bond donors (Lipinski definition) is 1. The molecule has 134 valence electrons. The van der Waals surface area contributed by atoms with Gasteiger partial charge in [-0.3, -0.25) is 9.59 Å². The van der Waals surface area contributed by atoms with Crippen molar-refractivity contribution in [2.24, 2.45) is 0 Å². The molecule has 5 heteroatoms. The average Bonchev–Trinajstić information content (AvgIpc) is 2.66. The van der Waals surface area contributed by atoms with E-state index in [-0.39, 0.29) is 30.2 Å². The predicted octanol–water partition coefficient (Wildman–Crippen LogP) is 2.71. The number of aliphatic hydroxyl groups excluding tert-OH is 1. The van der Waals surface area contributed by atoms with Gasteiger partial charge >= 0.3 is 5.97 Å². The van der Waals surface area contributed by atoms with Gasteiger partial charge in [-0.05, 0) is 12.0 Å². The summed E-state index contributed by atoms with van der Waals surface area (Å²) >= 11 is 0. The first-order valence-electron chi connectivity index (χ1n) is 8.69. The van der Waals surface area contributed by atoms with Gasteiger partial charge in [-0.2, -0.15) is 0 Å². The van der Waals surface area contributed by atoms with Gasteiger partial charge in [0.25, 0.3) is 0 Å². The van der Waals surface area contributed by atoms with E-state index in [9.17, 15) is 19.5 Å². The Labute approximate surface area is 151 Å². The topological polar surface area (TPSA) is 80.7 Å². The maximum atomic E-state index is 12.9. The van der Waals surface area contributed by atoms with Crippen LogP contribution in [0.5, 0.6) is 0 Å². The van der Waals surface area contributed by atoms with Gasteiger partial charge in [0.05, 0.1) is 6.61 Å². The fourth-order valence-electron chi connectivity index (χ4n) is 3.09. The zero-order valence-corrected chi connectivity index (χ0v) is 14.5. The second-order valence-corrected chi connectivity index (χ2v) is 6.28. The number of hydrogen-bond acceptors (Lipinski definition) is 5. The third kappa shape index (κ3) is 3.30. The van der Waals surface area contributed by atoms with Crippen molar-refractivity contribution in [2.75, 3.05) is 6.61 Å². The molecule has 1 aliphatic rings. The molecule has 0 saturated heterocycles. The summed E-state index contributed by atoms with van der Waals surface area (Å²) < 4.78 is 5.02. The maximum absolute atomic E-state index is 12.9. The summed E-state index contributed by atoms with van der Waals surface area (Å²) in [5.74, 6) is -1.21. The molecule has 1 N–H and O–H groups in total. The predicted molar refractivity (Wildman–Crippen MR) is 95.3 cm³/mol. The van der Waals surface area contributed by atoms with Crippen molar-refractivity contribution in [3.05, 3.63) is 70.3 Å². The highest BCUT2D eigenvalue weighted by molar-refractivity contribution is 6.28. The van der Waals surface area contributed by atoms with E-state index in [0.29, 0.717) is 22.3 Å². The number of carbonyl (C=O) groups is 3. The summed E-state index contributed by atoms with van der Waals surface area (Å²) in [5.41, 5.74) is 1.75. The van der Waals surface area contributed by atoms with Gasteiger partial charge in [0.15, 0.2) is 17.7 Å². The molecule has 0 saturated carbocycles. The lowest BCUT2D eigenvalue weighted by Gasteiger charge is -2.21. The van der Waals surface area contributed by atoms with E-state index in [4.69, 9.17) is 4.74 Å². The van der Waals surface area contributed by atoms with Crippen molar-refractivity contribution >= 4 is 17.5 Å². The van der Waals surface area contributed by atoms with Crippen molar-refractivity contribution < 1.29 is 24.2 Å². The minimum Gasteiger partial charge on any atom is -0.464 e. The lowest BCUT2D eigenvalue weighted by atomic mass is 9.81. The molecule has 0 spiro atoms. The normalized spacial score (nSPS) is 13.8. The van der Waals surface area contributed by atoms with E-state index in [1.807, 2.05) is 6.92 Å². The van der Waals surface area contributed by atoms with Crippen LogP contribution in [0.25, 0.3) is 0 Å². The first-order valence-corrected chi connectivity index (χ1v) is 8.69. The molecule has 0 fully saturated rings. The number of unbranched alkanes of at least 4 members (excludes halogenated alkanes) is 1. The molecule has 0 radical (unpaired) electrons. The Morgan fingerprint density at radius 3 is 2.35 bits per heavy atom. The molecule has 0 bridgehead atoms. The molecule has 0 heterocycles. The van der Waals surface area contributed by atoms with Crippen molar-refractivity contribution in [3.63, 3.8) is 0 Å². The quantitative estimate of drug-likeness (QED) is 0.545. The summed E-state index contributed by atoms with van der Waals surface area (Å²) in [4.78, 5) is 37.5. The van der Waals surface area contributed by atoms with Crippen molar-refractivity contribution in [2.45, 2.75) is 32.3 Å². The Morgan fingerprint density at radius 2 is 1.65 bits per heavy atom. The van der Waals surface area contributed by atoms with Crippen LogP contribution in [0.3, 0.4) is 0 Å². The molecule has 0 aromatic heterocycles. The number of esters is 1. The summed E-state index contributed by atoms with van der Waals surface area (Å²) in [6.45, 7) is 2.23. The minimum atomic E-state index is -1.38. The first-order chi connectivity index (χ1) is 12.5. The van der Waals surface area contributed by atoms with E-state index in [2.05, 4.69) is 0 Å². The number of aliphatic hydroxyl groups is 1. The SMILES string of the molecule is CCCCOC(=O)C(O)Cc1cccc2c1C(=O)c1ccccc1C2=O. The molecule has 0 aliphatic heterocycles. The number of rotatable bonds is 6. The molecule has 0 amide bonds. The number of carbonyl (C=O) groups excluding carboxylic acids is 3. The first kappa shape index (κ1) is 18.0. The van der Waals surface area contributed by atoms with Gasteiger partial charge in [-0.1, -0.05) is 55.8 Å². The van der Waals surface area contributed by atoms with Crippen LogP contribution in [0.2, 0.25) is 0 Å². The fraction of sp³-hybridized carbons (Fsp3) is 0.286. The lowest BCUT2D eigenvalue weighted by Crippen LogP contribution is -2.28. The largest absolute Gasteiger partial charge is 0.464 e. The van der Waals surface area contributed by atoms with Crippen LogP contribution in [0, 0.1) is 0 Å². The zero-order valence-electron chi connectivity index (χ0n) is 14.5. The van der Waals surface area contributed by atoms with Crippen LogP contribution in [0.15, 0.2) is 42.5 Å². The van der Waals surface area contributed by atoms with Gasteiger partial charge in [-0.25, -0.2) is 4.79 Å². The highest BCUT2D eigenvalue weighted by Gasteiger charge is 2.32. The number of fused-ring (bicyclic) bond motifs is 2. The number of ether oxygens (including phenoxy) is 1. The van der Waals surface area contributed by atoms with Gasteiger partial charge in [0.1, 0.15) is 0 Å². The van der Waals surface area contributed by atoms with Gasteiger partial charge < -0.3 is 9.84 Å². The van der Waals surface area contributed by atoms with Crippen molar-refractivity contribution in [3.8, 4) is 0 Å². The standard InChI is InChI=1S/C21H20O5/c1-2-3-11-26-21(25)17(22)12-13-7-6-10-16-18(13)20(24)15-9-5-4-8-14(15)19(16)23/h4-10,17,22H,2-3,11-12H2,1H3. The molecule has 26 heavy (non-hydrogen) atoms. The molecular weight excluding hydrogens is 332 g/mol. The van der Waals surface area contributed by atoms with E-state index >= 15 is 0 Å². The molecule has 2 aromatic rings. The third-order valence-corrected chi connectivity index (χ3v) is 4.47. The zero-order chi connectivity index (χ0) is 18.7. The third-order valence-electron chi connectivity index (χ3n) is 4.47. The highest BCUT2D eigenvalue weighted by Crippen LogP contribution is 2.30. The summed E-state index contributed by atoms with van der Waals surface area (Å²) in [6.07, 6.45) is 0.155.